The van der Waals surface area contributed by atoms with Gasteiger partial charge in [0.25, 0.3) is 0 Å². The first-order chi connectivity index (χ1) is 8.07. The standard InChI is InChI=1S/C11H23N3O3S/c1-10(2,3)18(15,16)14-7-5-11(17-4,6-8-14)9(12)13/h5-8H2,1-4H3,(H3,12,13). The fourth-order valence-corrected chi connectivity index (χ4v) is 3.50. The van der Waals surface area contributed by atoms with Crippen molar-refractivity contribution in [3.05, 3.63) is 0 Å². The summed E-state index contributed by atoms with van der Waals surface area (Å²) < 4.78 is 30.5. The summed E-state index contributed by atoms with van der Waals surface area (Å²) in [7, 11) is -1.81. The highest BCUT2D eigenvalue weighted by atomic mass is 32.2. The highest BCUT2D eigenvalue weighted by Crippen LogP contribution is 2.30. The molecule has 1 aliphatic rings. The van der Waals surface area contributed by atoms with Gasteiger partial charge in [0, 0.05) is 20.2 Å². The minimum atomic E-state index is -3.32. The Bertz CT molecular complexity index is 417. The molecule has 1 fully saturated rings. The zero-order valence-corrected chi connectivity index (χ0v) is 12.3. The van der Waals surface area contributed by atoms with Crippen LogP contribution in [0, 0.1) is 5.41 Å². The lowest BCUT2D eigenvalue weighted by molar-refractivity contribution is 0.00897. The van der Waals surface area contributed by atoms with Crippen molar-refractivity contribution in [2.45, 2.75) is 44.0 Å². The highest BCUT2D eigenvalue weighted by molar-refractivity contribution is 7.90. The molecule has 18 heavy (non-hydrogen) atoms. The number of amidine groups is 1. The minimum absolute atomic E-state index is 0.0298. The average molecular weight is 277 g/mol. The van der Waals surface area contributed by atoms with Crippen molar-refractivity contribution < 1.29 is 13.2 Å². The summed E-state index contributed by atoms with van der Waals surface area (Å²) in [5.41, 5.74) is 4.74. The van der Waals surface area contributed by atoms with Crippen LogP contribution in [-0.2, 0) is 14.8 Å². The molecule has 0 aliphatic carbocycles. The first-order valence-corrected chi connectivity index (χ1v) is 7.40. The van der Waals surface area contributed by atoms with Crippen molar-refractivity contribution in [2.24, 2.45) is 5.73 Å². The van der Waals surface area contributed by atoms with E-state index in [-0.39, 0.29) is 5.84 Å². The Hall–Kier alpha value is -0.660. The predicted molar refractivity (Wildman–Crippen MR) is 71.1 cm³/mol. The van der Waals surface area contributed by atoms with Gasteiger partial charge < -0.3 is 10.5 Å². The summed E-state index contributed by atoms with van der Waals surface area (Å²) in [5.74, 6) is -0.0298. The molecule has 7 heteroatoms. The molecule has 1 aliphatic heterocycles. The van der Waals surface area contributed by atoms with Crippen molar-refractivity contribution in [3.8, 4) is 0 Å². The Morgan fingerprint density at radius 1 is 1.33 bits per heavy atom. The lowest BCUT2D eigenvalue weighted by atomic mass is 9.91. The molecule has 0 spiro atoms. The molecule has 6 nitrogen and oxygen atoms in total. The number of rotatable bonds is 3. The van der Waals surface area contributed by atoms with Crippen molar-refractivity contribution >= 4 is 15.9 Å². The molecule has 106 valence electrons. The van der Waals surface area contributed by atoms with E-state index >= 15 is 0 Å². The van der Waals surface area contributed by atoms with Crippen LogP contribution in [-0.4, -0.2) is 49.1 Å². The van der Waals surface area contributed by atoms with E-state index in [1.807, 2.05) is 0 Å². The second-order valence-corrected chi connectivity index (χ2v) is 8.32. The number of hydrogen-bond acceptors (Lipinski definition) is 4. The zero-order valence-electron chi connectivity index (χ0n) is 11.5. The van der Waals surface area contributed by atoms with Gasteiger partial charge in [0.2, 0.25) is 10.0 Å². The van der Waals surface area contributed by atoms with E-state index in [0.29, 0.717) is 25.9 Å². The van der Waals surface area contributed by atoms with E-state index in [0.717, 1.165) is 0 Å². The molecule has 0 aromatic rings. The number of nitrogens with two attached hydrogens (primary N) is 1. The number of ether oxygens (including phenoxy) is 1. The monoisotopic (exact) mass is 277 g/mol. The van der Waals surface area contributed by atoms with Crippen LogP contribution in [0.25, 0.3) is 0 Å². The molecule has 0 unspecified atom stereocenters. The van der Waals surface area contributed by atoms with Gasteiger partial charge in [-0.2, -0.15) is 0 Å². The summed E-state index contributed by atoms with van der Waals surface area (Å²) in [6, 6.07) is 0. The molecule has 1 saturated heterocycles. The molecular formula is C11H23N3O3S. The molecule has 0 atom stereocenters. The molecule has 0 amide bonds. The van der Waals surface area contributed by atoms with Gasteiger partial charge in [0.15, 0.2) is 0 Å². The smallest absolute Gasteiger partial charge is 0.219 e. The lowest BCUT2D eigenvalue weighted by Crippen LogP contribution is -2.56. The van der Waals surface area contributed by atoms with Gasteiger partial charge in [-0.15, -0.1) is 0 Å². The lowest BCUT2D eigenvalue weighted by Gasteiger charge is -2.41. The largest absolute Gasteiger partial charge is 0.385 e. The maximum absolute atomic E-state index is 12.3. The Balaban J connectivity index is 2.85. The number of sulfonamides is 1. The quantitative estimate of drug-likeness (QED) is 0.581. The summed E-state index contributed by atoms with van der Waals surface area (Å²) in [6.07, 6.45) is 0.849. The number of nitrogens with zero attached hydrogens (tertiary/aromatic N) is 1. The van der Waals surface area contributed by atoms with Gasteiger partial charge in [-0.25, -0.2) is 12.7 Å². The summed E-state index contributed by atoms with van der Waals surface area (Å²) >= 11 is 0. The first-order valence-electron chi connectivity index (χ1n) is 5.96. The van der Waals surface area contributed by atoms with Gasteiger partial charge in [-0.1, -0.05) is 0 Å². The van der Waals surface area contributed by atoms with Crippen molar-refractivity contribution in [1.29, 1.82) is 5.41 Å². The molecule has 0 aromatic carbocycles. The summed E-state index contributed by atoms with van der Waals surface area (Å²) in [5, 5.41) is 7.57. The number of piperidine rings is 1. The van der Waals surface area contributed by atoms with Crippen LogP contribution >= 0.6 is 0 Å². The van der Waals surface area contributed by atoms with E-state index in [1.165, 1.54) is 11.4 Å². The Labute approximate surface area is 109 Å². The maximum Gasteiger partial charge on any atom is 0.219 e. The molecule has 3 N–H and O–H groups in total. The van der Waals surface area contributed by atoms with E-state index in [4.69, 9.17) is 15.9 Å². The Kier molecular flexibility index (Phi) is 4.10. The highest BCUT2D eigenvalue weighted by Gasteiger charge is 2.43. The maximum atomic E-state index is 12.3. The Morgan fingerprint density at radius 3 is 2.06 bits per heavy atom. The van der Waals surface area contributed by atoms with Crippen LogP contribution in [0.15, 0.2) is 0 Å². The third kappa shape index (κ3) is 2.53. The van der Waals surface area contributed by atoms with Gasteiger partial charge in [0.05, 0.1) is 4.75 Å². The molecule has 0 bridgehead atoms. The van der Waals surface area contributed by atoms with Crippen molar-refractivity contribution in [1.82, 2.24) is 4.31 Å². The number of methoxy groups -OCH3 is 1. The summed E-state index contributed by atoms with van der Waals surface area (Å²) in [4.78, 5) is 0. The number of nitrogens with one attached hydrogen (secondary N) is 1. The predicted octanol–water partition coefficient (Wildman–Crippen LogP) is 0.532. The van der Waals surface area contributed by atoms with Crippen molar-refractivity contribution in [3.63, 3.8) is 0 Å². The van der Waals surface area contributed by atoms with E-state index < -0.39 is 20.4 Å². The van der Waals surface area contributed by atoms with Gasteiger partial charge in [-0.3, -0.25) is 5.41 Å². The van der Waals surface area contributed by atoms with Crippen LogP contribution in [0.3, 0.4) is 0 Å². The van der Waals surface area contributed by atoms with E-state index in [9.17, 15) is 8.42 Å². The fraction of sp³-hybridized carbons (Fsp3) is 0.909. The molecule has 1 rings (SSSR count). The normalized spacial score (nSPS) is 21.8. The zero-order chi connectivity index (χ0) is 14.2. The average Bonchev–Trinajstić information content (AvgIpc) is 2.27. The molecule has 1 heterocycles. The van der Waals surface area contributed by atoms with Gasteiger partial charge >= 0.3 is 0 Å². The van der Waals surface area contributed by atoms with Crippen LogP contribution in [0.2, 0.25) is 0 Å². The topological polar surface area (TPSA) is 96.5 Å². The van der Waals surface area contributed by atoms with Crippen LogP contribution in [0.5, 0.6) is 0 Å². The SMILES string of the molecule is COC1(C(=N)N)CCN(S(=O)(=O)C(C)(C)C)CC1. The van der Waals surface area contributed by atoms with Gasteiger partial charge in [0.1, 0.15) is 11.4 Å². The van der Waals surface area contributed by atoms with E-state index in [2.05, 4.69) is 0 Å². The van der Waals surface area contributed by atoms with Crippen LogP contribution in [0.4, 0.5) is 0 Å². The van der Waals surface area contributed by atoms with Crippen molar-refractivity contribution in [2.75, 3.05) is 20.2 Å². The minimum Gasteiger partial charge on any atom is -0.385 e. The fourth-order valence-electron chi connectivity index (χ4n) is 2.06. The molecule has 0 saturated carbocycles. The third-order valence-electron chi connectivity index (χ3n) is 3.53. The molecule has 0 radical (unpaired) electrons. The molecule has 0 aromatic heterocycles. The second-order valence-electron chi connectivity index (χ2n) is 5.63. The molecular weight excluding hydrogens is 254 g/mol. The summed E-state index contributed by atoms with van der Waals surface area (Å²) in [6.45, 7) is 5.74. The van der Waals surface area contributed by atoms with Crippen LogP contribution < -0.4 is 5.73 Å². The van der Waals surface area contributed by atoms with Crippen LogP contribution in [0.1, 0.15) is 33.6 Å². The second kappa shape index (κ2) is 4.79. The third-order valence-corrected chi connectivity index (χ3v) is 6.12. The first kappa shape index (κ1) is 15.4. The number of hydrogen-bond donors (Lipinski definition) is 2. The van der Waals surface area contributed by atoms with E-state index in [1.54, 1.807) is 20.8 Å². The van der Waals surface area contributed by atoms with Gasteiger partial charge in [-0.05, 0) is 33.6 Å². The Morgan fingerprint density at radius 2 is 1.78 bits per heavy atom.